The first-order valence-corrected chi connectivity index (χ1v) is 9.49. The zero-order chi connectivity index (χ0) is 17.2. The van der Waals surface area contributed by atoms with E-state index in [9.17, 15) is 4.79 Å². The number of amides is 1. The van der Waals surface area contributed by atoms with Crippen molar-refractivity contribution in [3.8, 4) is 0 Å². The molecule has 25 heavy (non-hydrogen) atoms. The molecule has 3 unspecified atom stereocenters. The largest absolute Gasteiger partial charge is 0.349 e. The van der Waals surface area contributed by atoms with E-state index in [1.807, 2.05) is 18.2 Å². The van der Waals surface area contributed by atoms with Crippen LogP contribution in [-0.2, 0) is 11.3 Å². The summed E-state index contributed by atoms with van der Waals surface area (Å²) in [7, 11) is 0. The van der Waals surface area contributed by atoms with Crippen LogP contribution in [0.15, 0.2) is 18.2 Å². The smallest absolute Gasteiger partial charge is 0.220 e. The lowest BCUT2D eigenvalue weighted by molar-refractivity contribution is -0.121. The maximum absolute atomic E-state index is 12.2. The average Bonchev–Trinajstić information content (AvgIpc) is 3.21. The Balaban J connectivity index is 1.26. The third kappa shape index (κ3) is 3.81. The van der Waals surface area contributed by atoms with Crippen molar-refractivity contribution in [3.05, 3.63) is 29.0 Å². The fourth-order valence-electron chi connectivity index (χ4n) is 4.10. The predicted octanol–water partition coefficient (Wildman–Crippen LogP) is 2.65. The van der Waals surface area contributed by atoms with Gasteiger partial charge in [0.1, 0.15) is 5.82 Å². The van der Waals surface area contributed by atoms with Gasteiger partial charge in [-0.2, -0.15) is 0 Å². The number of nitrogens with one attached hydrogen (secondary N) is 4. The van der Waals surface area contributed by atoms with E-state index in [0.717, 1.165) is 23.3 Å². The molecule has 0 bridgehead atoms. The Labute approximate surface area is 152 Å². The molecule has 4 N–H and O–H groups in total. The van der Waals surface area contributed by atoms with Crippen LogP contribution in [-0.4, -0.2) is 28.0 Å². The van der Waals surface area contributed by atoms with Crippen LogP contribution in [0.1, 0.15) is 44.3 Å². The average molecular weight is 362 g/mol. The van der Waals surface area contributed by atoms with Gasteiger partial charge < -0.3 is 10.3 Å². The van der Waals surface area contributed by atoms with Gasteiger partial charge in [0, 0.05) is 23.5 Å². The summed E-state index contributed by atoms with van der Waals surface area (Å²) >= 11 is 5.98. The molecule has 1 saturated heterocycles. The third-order valence-corrected chi connectivity index (χ3v) is 5.65. The van der Waals surface area contributed by atoms with Crippen LogP contribution < -0.4 is 16.2 Å². The number of rotatable bonds is 5. The summed E-state index contributed by atoms with van der Waals surface area (Å²) in [6, 6.07) is 6.52. The first-order chi connectivity index (χ1) is 12.2. The van der Waals surface area contributed by atoms with Crippen molar-refractivity contribution in [3.63, 3.8) is 0 Å². The van der Waals surface area contributed by atoms with Crippen molar-refractivity contribution in [2.75, 3.05) is 0 Å². The third-order valence-electron chi connectivity index (χ3n) is 5.42. The number of nitrogens with zero attached hydrogens (tertiary/aromatic N) is 1. The summed E-state index contributed by atoms with van der Waals surface area (Å²) in [5.41, 5.74) is 8.54. The highest BCUT2D eigenvalue weighted by Gasteiger charge is 2.36. The van der Waals surface area contributed by atoms with Crippen LogP contribution in [0.3, 0.4) is 0 Å². The van der Waals surface area contributed by atoms with Crippen molar-refractivity contribution < 1.29 is 4.79 Å². The second-order valence-corrected chi connectivity index (χ2v) is 7.55. The normalized spacial score (nSPS) is 25.9. The van der Waals surface area contributed by atoms with E-state index in [-0.39, 0.29) is 5.91 Å². The zero-order valence-corrected chi connectivity index (χ0v) is 14.9. The maximum atomic E-state index is 12.2. The van der Waals surface area contributed by atoms with Gasteiger partial charge in [-0.3, -0.25) is 15.6 Å². The molecule has 1 aliphatic heterocycles. The monoisotopic (exact) mass is 361 g/mol. The molecule has 3 atom stereocenters. The number of fused-ring (bicyclic) bond motifs is 2. The second kappa shape index (κ2) is 7.32. The molecule has 1 saturated carbocycles. The highest BCUT2D eigenvalue weighted by molar-refractivity contribution is 6.31. The number of hydrazine groups is 1. The zero-order valence-electron chi connectivity index (χ0n) is 14.1. The molecule has 134 valence electrons. The molecule has 0 spiro atoms. The number of halogens is 1. The Kier molecular flexibility index (Phi) is 4.92. The van der Waals surface area contributed by atoms with Gasteiger partial charge in [0.25, 0.3) is 0 Å². The fraction of sp³-hybridized carbons (Fsp3) is 0.556. The van der Waals surface area contributed by atoms with E-state index in [0.29, 0.717) is 36.0 Å². The molecule has 6 nitrogen and oxygen atoms in total. The number of hydrogen-bond acceptors (Lipinski definition) is 4. The quantitative estimate of drug-likeness (QED) is 0.660. The van der Waals surface area contributed by atoms with E-state index in [1.165, 1.54) is 25.7 Å². The molecule has 0 radical (unpaired) electrons. The topological polar surface area (TPSA) is 81.8 Å². The molecular weight excluding hydrogens is 338 g/mol. The minimum absolute atomic E-state index is 0.0690. The highest BCUT2D eigenvalue weighted by Crippen LogP contribution is 2.31. The molecule has 1 aliphatic carbocycles. The lowest BCUT2D eigenvalue weighted by atomic mass is 9.80. The minimum atomic E-state index is 0.0690. The van der Waals surface area contributed by atoms with E-state index in [1.54, 1.807) is 0 Å². The molecule has 1 amide bonds. The van der Waals surface area contributed by atoms with E-state index >= 15 is 0 Å². The van der Waals surface area contributed by atoms with Gasteiger partial charge in [-0.25, -0.2) is 4.98 Å². The van der Waals surface area contributed by atoms with Gasteiger partial charge in [-0.05, 0) is 43.4 Å². The lowest BCUT2D eigenvalue weighted by Crippen LogP contribution is -2.34. The molecule has 2 heterocycles. The van der Waals surface area contributed by atoms with Crippen molar-refractivity contribution in [2.24, 2.45) is 5.92 Å². The molecule has 1 aromatic carbocycles. The molecular formula is C18H24ClN5O. The summed E-state index contributed by atoms with van der Waals surface area (Å²) in [6.45, 7) is 0.410. The van der Waals surface area contributed by atoms with Gasteiger partial charge >= 0.3 is 0 Å². The number of benzene rings is 1. The first-order valence-electron chi connectivity index (χ1n) is 9.11. The number of carbonyl (C=O) groups excluding carboxylic acids is 1. The number of carbonyl (C=O) groups is 1. The van der Waals surface area contributed by atoms with E-state index in [2.05, 4.69) is 26.1 Å². The second-order valence-electron chi connectivity index (χ2n) is 7.11. The Morgan fingerprint density at radius 2 is 2.16 bits per heavy atom. The van der Waals surface area contributed by atoms with Gasteiger partial charge in [0.15, 0.2) is 0 Å². The van der Waals surface area contributed by atoms with E-state index < -0.39 is 0 Å². The fourth-order valence-corrected chi connectivity index (χ4v) is 4.28. The van der Waals surface area contributed by atoms with Crippen molar-refractivity contribution >= 4 is 28.5 Å². The van der Waals surface area contributed by atoms with Crippen molar-refractivity contribution in [1.29, 1.82) is 0 Å². The molecule has 1 aromatic heterocycles. The standard InChI is InChI=1S/C18H24ClN5O/c19-11-5-6-15-16(9-11)22-17(21-15)10-20-18(25)8-7-14-12-3-1-2-4-13(12)23-24-14/h5-6,9,12-14,23-24H,1-4,7-8,10H2,(H,20,25)(H,21,22). The molecule has 2 aliphatic rings. The van der Waals surface area contributed by atoms with Crippen LogP contribution in [0.4, 0.5) is 0 Å². The number of imidazole rings is 1. The number of aromatic amines is 1. The van der Waals surface area contributed by atoms with Gasteiger partial charge in [-0.15, -0.1) is 0 Å². The Hall–Kier alpha value is -1.63. The van der Waals surface area contributed by atoms with Crippen LogP contribution in [0.5, 0.6) is 0 Å². The van der Waals surface area contributed by atoms with Crippen LogP contribution in [0, 0.1) is 5.92 Å². The summed E-state index contributed by atoms with van der Waals surface area (Å²) in [5.74, 6) is 1.49. The number of H-pyrrole nitrogens is 1. The Morgan fingerprint density at radius 1 is 1.28 bits per heavy atom. The summed E-state index contributed by atoms with van der Waals surface area (Å²) in [4.78, 5) is 19.8. The maximum Gasteiger partial charge on any atom is 0.220 e. The first kappa shape index (κ1) is 16.8. The molecule has 2 aromatic rings. The Morgan fingerprint density at radius 3 is 3.08 bits per heavy atom. The van der Waals surface area contributed by atoms with Crippen LogP contribution in [0.25, 0.3) is 11.0 Å². The highest BCUT2D eigenvalue weighted by atomic mass is 35.5. The predicted molar refractivity (Wildman–Crippen MR) is 98.0 cm³/mol. The molecule has 2 fully saturated rings. The van der Waals surface area contributed by atoms with E-state index in [4.69, 9.17) is 11.6 Å². The lowest BCUT2D eigenvalue weighted by Gasteiger charge is -2.27. The van der Waals surface area contributed by atoms with Crippen LogP contribution in [0.2, 0.25) is 5.02 Å². The summed E-state index contributed by atoms with van der Waals surface area (Å²) in [5, 5.41) is 3.63. The SMILES string of the molecule is O=C(CCC1NNC2CCCCC21)NCc1nc2ccc(Cl)cc2[nH]1. The van der Waals surface area contributed by atoms with Crippen molar-refractivity contribution in [2.45, 2.75) is 57.2 Å². The number of aromatic nitrogens is 2. The minimum Gasteiger partial charge on any atom is -0.349 e. The van der Waals surface area contributed by atoms with Gasteiger partial charge in [0.05, 0.1) is 17.6 Å². The van der Waals surface area contributed by atoms with Gasteiger partial charge in [-0.1, -0.05) is 24.4 Å². The Bertz CT molecular complexity index is 761. The van der Waals surface area contributed by atoms with Crippen LogP contribution >= 0.6 is 11.6 Å². The number of hydrogen-bond donors (Lipinski definition) is 4. The molecule has 7 heteroatoms. The molecule has 4 rings (SSSR count). The summed E-state index contributed by atoms with van der Waals surface area (Å²) < 4.78 is 0. The van der Waals surface area contributed by atoms with Gasteiger partial charge in [0.2, 0.25) is 5.91 Å². The van der Waals surface area contributed by atoms with Crippen molar-refractivity contribution in [1.82, 2.24) is 26.1 Å². The summed E-state index contributed by atoms with van der Waals surface area (Å²) in [6.07, 6.45) is 6.54.